The molecule has 0 radical (unpaired) electrons. The zero-order valence-corrected chi connectivity index (χ0v) is 23.4. The third-order valence-corrected chi connectivity index (χ3v) is 6.59. The molecule has 1 aliphatic heterocycles. The predicted octanol–water partition coefficient (Wildman–Crippen LogP) is 5.25. The van der Waals surface area contributed by atoms with Crippen molar-refractivity contribution in [2.45, 2.75) is 59.1 Å². The number of ether oxygens (including phenoxy) is 2. The monoisotopic (exact) mass is 529 g/mol. The maximum absolute atomic E-state index is 12.6. The van der Waals surface area contributed by atoms with E-state index in [2.05, 4.69) is 27.9 Å². The zero-order chi connectivity index (χ0) is 28.0. The van der Waals surface area contributed by atoms with Crippen molar-refractivity contribution in [2.75, 3.05) is 13.1 Å². The van der Waals surface area contributed by atoms with Crippen LogP contribution in [-0.2, 0) is 11.2 Å². The van der Waals surface area contributed by atoms with Gasteiger partial charge in [0.1, 0.15) is 23.4 Å². The molecule has 206 valence electrons. The fourth-order valence-electron chi connectivity index (χ4n) is 4.46. The highest BCUT2D eigenvalue weighted by molar-refractivity contribution is 5.88. The molecule has 0 spiro atoms. The number of amides is 1. The molecule has 8 heteroatoms. The fourth-order valence-corrected chi connectivity index (χ4v) is 4.46. The lowest BCUT2D eigenvalue weighted by Crippen LogP contribution is -2.41. The van der Waals surface area contributed by atoms with Crippen molar-refractivity contribution in [1.82, 2.24) is 20.9 Å². The number of hydrogen-bond donors (Lipinski definition) is 4. The molecule has 39 heavy (non-hydrogen) atoms. The Morgan fingerprint density at radius 2 is 2.00 bits per heavy atom. The topological polar surface area (TPSA) is 108 Å². The third kappa shape index (κ3) is 7.80. The van der Waals surface area contributed by atoms with Gasteiger partial charge >= 0.3 is 0 Å². The average Bonchev–Trinajstić information content (AvgIpc) is 2.89. The molecule has 1 saturated heterocycles. The largest absolute Gasteiger partial charge is 0.490 e. The van der Waals surface area contributed by atoms with E-state index in [1.54, 1.807) is 12.4 Å². The van der Waals surface area contributed by atoms with E-state index in [1.165, 1.54) is 0 Å². The van der Waals surface area contributed by atoms with Gasteiger partial charge in [-0.25, -0.2) is 0 Å². The number of aryl methyl sites for hydroxylation is 1. The Morgan fingerprint density at radius 1 is 1.18 bits per heavy atom. The lowest BCUT2D eigenvalue weighted by molar-refractivity contribution is -0.119. The van der Waals surface area contributed by atoms with E-state index in [9.17, 15) is 4.79 Å². The van der Waals surface area contributed by atoms with Gasteiger partial charge < -0.3 is 30.8 Å². The summed E-state index contributed by atoms with van der Waals surface area (Å²) >= 11 is 0. The van der Waals surface area contributed by atoms with Crippen LogP contribution in [0.2, 0.25) is 0 Å². The molecular weight excluding hydrogens is 490 g/mol. The molecule has 0 bridgehead atoms. The molecular formula is C31H39N5O3. The molecule has 1 fully saturated rings. The summed E-state index contributed by atoms with van der Waals surface area (Å²) in [6.45, 7) is 12.1. The van der Waals surface area contributed by atoms with Gasteiger partial charge in [0.05, 0.1) is 17.6 Å². The Hall–Kier alpha value is -3.91. The summed E-state index contributed by atoms with van der Waals surface area (Å²) in [6.07, 6.45) is 5.86. The van der Waals surface area contributed by atoms with Crippen LogP contribution in [0.5, 0.6) is 17.2 Å². The van der Waals surface area contributed by atoms with Crippen LogP contribution in [0.15, 0.2) is 60.6 Å². The quantitative estimate of drug-likeness (QED) is 0.282. The standard InChI is InChI=1S/C31H39N5O3/c1-20-14-22(15-30(37)36-23(17-32)19-35-31(3,4)5)6-9-27(20)39-29-11-13-34-26-8-7-24(16-25(26)29)38-28-10-12-33-18-21(28)2/h6-9,11,13-14,16-17,19,21,28,32-33,35H,10,12,15,18H2,1-5H3,(H,36,37)/b23-19+,32-17?. The van der Waals surface area contributed by atoms with Crippen LogP contribution in [0.4, 0.5) is 0 Å². The van der Waals surface area contributed by atoms with Crippen LogP contribution in [0, 0.1) is 18.3 Å². The zero-order valence-electron chi connectivity index (χ0n) is 23.4. The highest BCUT2D eigenvalue weighted by Crippen LogP contribution is 2.34. The summed E-state index contributed by atoms with van der Waals surface area (Å²) < 4.78 is 12.7. The van der Waals surface area contributed by atoms with E-state index in [1.807, 2.05) is 70.2 Å². The van der Waals surface area contributed by atoms with Crippen LogP contribution in [0.25, 0.3) is 10.9 Å². The van der Waals surface area contributed by atoms with Gasteiger partial charge in [-0.1, -0.05) is 19.1 Å². The van der Waals surface area contributed by atoms with Crippen molar-refractivity contribution in [3.63, 3.8) is 0 Å². The van der Waals surface area contributed by atoms with Crippen LogP contribution in [0.1, 0.15) is 45.2 Å². The molecule has 1 amide bonds. The number of fused-ring (bicyclic) bond motifs is 1. The number of allylic oxidation sites excluding steroid dienone is 1. The lowest BCUT2D eigenvalue weighted by Gasteiger charge is -2.30. The molecule has 2 heterocycles. The number of pyridine rings is 1. The summed E-state index contributed by atoms with van der Waals surface area (Å²) in [7, 11) is 0. The molecule has 1 aliphatic rings. The summed E-state index contributed by atoms with van der Waals surface area (Å²) in [5.41, 5.74) is 2.86. The maximum Gasteiger partial charge on any atom is 0.228 e. The van der Waals surface area contributed by atoms with Gasteiger partial charge in [-0.2, -0.15) is 0 Å². The molecule has 0 saturated carbocycles. The van der Waals surface area contributed by atoms with Gasteiger partial charge in [-0.05, 0) is 82.1 Å². The van der Waals surface area contributed by atoms with Crippen molar-refractivity contribution in [3.05, 3.63) is 71.7 Å². The van der Waals surface area contributed by atoms with Gasteiger partial charge in [0.2, 0.25) is 5.91 Å². The third-order valence-electron chi connectivity index (χ3n) is 6.59. The lowest BCUT2D eigenvalue weighted by atomic mass is 9.98. The Bertz CT molecular complexity index is 1360. The number of benzene rings is 2. The molecule has 2 atom stereocenters. The van der Waals surface area contributed by atoms with Crippen molar-refractivity contribution < 1.29 is 14.3 Å². The number of nitrogens with zero attached hydrogens (tertiary/aromatic N) is 1. The molecule has 1 aromatic heterocycles. The molecule has 4 N–H and O–H groups in total. The average molecular weight is 530 g/mol. The Balaban J connectivity index is 1.46. The van der Waals surface area contributed by atoms with Gasteiger partial charge in [0, 0.05) is 42.0 Å². The van der Waals surface area contributed by atoms with E-state index >= 15 is 0 Å². The molecule has 3 aromatic rings. The normalized spacial score (nSPS) is 17.9. The molecule has 2 aromatic carbocycles. The second-order valence-corrected chi connectivity index (χ2v) is 11.2. The number of hydrogen-bond acceptors (Lipinski definition) is 7. The fraction of sp³-hybridized carbons (Fsp3) is 0.387. The van der Waals surface area contributed by atoms with Crippen molar-refractivity contribution >= 4 is 23.0 Å². The number of nitrogens with one attached hydrogen (secondary N) is 4. The Kier molecular flexibility index (Phi) is 8.86. The molecule has 0 aliphatic carbocycles. The Morgan fingerprint density at radius 3 is 2.72 bits per heavy atom. The first-order valence-electron chi connectivity index (χ1n) is 13.4. The van der Waals surface area contributed by atoms with Gasteiger partial charge in [0.15, 0.2) is 0 Å². The summed E-state index contributed by atoms with van der Waals surface area (Å²) in [6, 6.07) is 13.5. The van der Waals surface area contributed by atoms with E-state index in [4.69, 9.17) is 14.9 Å². The number of rotatable bonds is 9. The summed E-state index contributed by atoms with van der Waals surface area (Å²) in [4.78, 5) is 17.1. The van der Waals surface area contributed by atoms with E-state index in [0.717, 1.165) is 53.5 Å². The van der Waals surface area contributed by atoms with Crippen molar-refractivity contribution in [1.29, 1.82) is 5.41 Å². The van der Waals surface area contributed by atoms with E-state index < -0.39 is 0 Å². The first-order chi connectivity index (χ1) is 18.6. The minimum Gasteiger partial charge on any atom is -0.490 e. The van der Waals surface area contributed by atoms with Crippen molar-refractivity contribution in [2.24, 2.45) is 5.92 Å². The van der Waals surface area contributed by atoms with Crippen molar-refractivity contribution in [3.8, 4) is 17.2 Å². The van der Waals surface area contributed by atoms with Crippen LogP contribution in [-0.4, -0.2) is 41.8 Å². The minimum atomic E-state index is -0.191. The SMILES string of the molecule is Cc1cc(CC(=O)N/C(C=N)=C/NC(C)(C)C)ccc1Oc1ccnc2ccc(OC3CCNCC3C)cc12. The highest BCUT2D eigenvalue weighted by atomic mass is 16.5. The smallest absolute Gasteiger partial charge is 0.228 e. The van der Waals surface area contributed by atoms with E-state index in [0.29, 0.717) is 23.1 Å². The van der Waals surface area contributed by atoms with Crippen LogP contribution in [0.3, 0.4) is 0 Å². The summed E-state index contributed by atoms with van der Waals surface area (Å²) in [5.74, 6) is 2.47. The van der Waals surface area contributed by atoms with E-state index in [-0.39, 0.29) is 24.0 Å². The molecule has 2 unspecified atom stereocenters. The first kappa shape index (κ1) is 28.1. The predicted molar refractivity (Wildman–Crippen MR) is 156 cm³/mol. The van der Waals surface area contributed by atoms with Gasteiger partial charge in [-0.15, -0.1) is 0 Å². The maximum atomic E-state index is 12.6. The highest BCUT2D eigenvalue weighted by Gasteiger charge is 2.23. The number of carbonyl (C=O) groups excluding carboxylic acids is 1. The second kappa shape index (κ2) is 12.3. The first-order valence-corrected chi connectivity index (χ1v) is 13.4. The van der Waals surface area contributed by atoms with Crippen LogP contribution >= 0.6 is 0 Å². The minimum absolute atomic E-state index is 0.160. The summed E-state index contributed by atoms with van der Waals surface area (Å²) in [5, 5.41) is 17.8. The number of piperidine rings is 1. The number of carbonyl (C=O) groups is 1. The van der Waals surface area contributed by atoms with Gasteiger partial charge in [0.25, 0.3) is 0 Å². The molecule has 8 nitrogen and oxygen atoms in total. The number of aromatic nitrogens is 1. The van der Waals surface area contributed by atoms with Gasteiger partial charge in [-0.3, -0.25) is 9.78 Å². The van der Waals surface area contributed by atoms with Crippen LogP contribution < -0.4 is 25.4 Å². The molecule has 4 rings (SSSR count). The Labute approximate surface area is 230 Å². The second-order valence-electron chi connectivity index (χ2n) is 11.2.